The normalized spacial score (nSPS) is 12.9. The summed E-state index contributed by atoms with van der Waals surface area (Å²) >= 11 is 0. The number of methoxy groups -OCH3 is 1. The van der Waals surface area contributed by atoms with Crippen LogP contribution in [0.4, 0.5) is 0 Å². The molecule has 0 N–H and O–H groups in total. The van der Waals surface area contributed by atoms with Gasteiger partial charge in [-0.1, -0.05) is 12.1 Å². The van der Waals surface area contributed by atoms with E-state index in [1.165, 1.54) is 7.11 Å². The van der Waals surface area contributed by atoms with Gasteiger partial charge in [-0.25, -0.2) is 4.79 Å². The van der Waals surface area contributed by atoms with E-state index in [-0.39, 0.29) is 13.2 Å². The minimum atomic E-state index is -0.834. The second kappa shape index (κ2) is 6.05. The standard InChI is InChI=1S/C18H13NO5/c1-3-15(20)24-10-9-19-17(21)12-6-4-5-11-14(23-2)8-7-13(16(11)12)18(19)22/h1,4-8H,9-10H2,2H3. The predicted molar refractivity (Wildman–Crippen MR) is 85.7 cm³/mol. The lowest BCUT2D eigenvalue weighted by atomic mass is 9.93. The summed E-state index contributed by atoms with van der Waals surface area (Å²) in [6.45, 7) is -0.213. The molecule has 0 unspecified atom stereocenters. The number of terminal acetylenes is 1. The van der Waals surface area contributed by atoms with Crippen molar-refractivity contribution in [1.29, 1.82) is 0 Å². The van der Waals surface area contributed by atoms with Crippen molar-refractivity contribution in [3.05, 3.63) is 41.5 Å². The average molecular weight is 323 g/mol. The third-order valence-corrected chi connectivity index (χ3v) is 3.84. The van der Waals surface area contributed by atoms with Gasteiger partial charge in [0.25, 0.3) is 11.8 Å². The highest BCUT2D eigenvalue weighted by Gasteiger charge is 2.33. The molecule has 0 aliphatic carbocycles. The van der Waals surface area contributed by atoms with Crippen molar-refractivity contribution in [3.63, 3.8) is 0 Å². The molecule has 0 saturated carbocycles. The lowest BCUT2D eigenvalue weighted by Gasteiger charge is -2.27. The first-order valence-corrected chi connectivity index (χ1v) is 7.17. The summed E-state index contributed by atoms with van der Waals surface area (Å²) in [4.78, 5) is 37.3. The fraction of sp³-hybridized carbons (Fsp3) is 0.167. The number of amides is 2. The van der Waals surface area contributed by atoms with Gasteiger partial charge in [0.15, 0.2) is 0 Å². The fourth-order valence-corrected chi connectivity index (χ4v) is 2.77. The molecule has 0 aromatic heterocycles. The second-order valence-electron chi connectivity index (χ2n) is 5.09. The highest BCUT2D eigenvalue weighted by Crippen LogP contribution is 2.35. The van der Waals surface area contributed by atoms with Crippen LogP contribution in [0.2, 0.25) is 0 Å². The third-order valence-electron chi connectivity index (χ3n) is 3.84. The molecular formula is C18H13NO5. The summed E-state index contributed by atoms with van der Waals surface area (Å²) < 4.78 is 10.0. The number of nitrogens with zero attached hydrogens (tertiary/aromatic N) is 1. The van der Waals surface area contributed by atoms with Gasteiger partial charge >= 0.3 is 5.97 Å². The van der Waals surface area contributed by atoms with Crippen molar-refractivity contribution < 1.29 is 23.9 Å². The predicted octanol–water partition coefficient (Wildman–Crippen LogP) is 1.62. The molecule has 24 heavy (non-hydrogen) atoms. The zero-order chi connectivity index (χ0) is 17.3. The SMILES string of the molecule is C#CC(=O)OCCN1C(=O)c2cccc3c(OC)ccc(c23)C1=O. The molecule has 120 valence electrons. The van der Waals surface area contributed by atoms with E-state index in [0.29, 0.717) is 27.6 Å². The van der Waals surface area contributed by atoms with E-state index in [2.05, 4.69) is 0 Å². The lowest BCUT2D eigenvalue weighted by Crippen LogP contribution is -2.42. The van der Waals surface area contributed by atoms with Crippen molar-refractivity contribution in [2.24, 2.45) is 0 Å². The highest BCUT2D eigenvalue weighted by atomic mass is 16.5. The Bertz CT molecular complexity index is 887. The van der Waals surface area contributed by atoms with Crippen LogP contribution in [-0.2, 0) is 9.53 Å². The van der Waals surface area contributed by atoms with Crippen molar-refractivity contribution in [3.8, 4) is 18.1 Å². The van der Waals surface area contributed by atoms with Crippen LogP contribution in [-0.4, -0.2) is 42.9 Å². The largest absolute Gasteiger partial charge is 0.496 e. The van der Waals surface area contributed by atoms with E-state index in [9.17, 15) is 14.4 Å². The van der Waals surface area contributed by atoms with Crippen molar-refractivity contribution in [2.75, 3.05) is 20.3 Å². The summed E-state index contributed by atoms with van der Waals surface area (Å²) in [5, 5.41) is 1.27. The Labute approximate surface area is 137 Å². The van der Waals surface area contributed by atoms with Gasteiger partial charge in [0.05, 0.1) is 13.7 Å². The maximum atomic E-state index is 12.6. The Hall–Kier alpha value is -3.33. The highest BCUT2D eigenvalue weighted by molar-refractivity contribution is 6.26. The molecule has 6 nitrogen and oxygen atoms in total. The van der Waals surface area contributed by atoms with Gasteiger partial charge in [-0.05, 0) is 18.2 Å². The number of carbonyl (C=O) groups excluding carboxylic acids is 3. The number of ether oxygens (including phenoxy) is 2. The number of hydrogen-bond acceptors (Lipinski definition) is 5. The molecule has 0 spiro atoms. The molecule has 1 aliphatic heterocycles. The molecule has 3 rings (SSSR count). The van der Waals surface area contributed by atoms with Crippen LogP contribution in [0, 0.1) is 12.3 Å². The Morgan fingerprint density at radius 3 is 2.54 bits per heavy atom. The zero-order valence-electron chi connectivity index (χ0n) is 12.9. The van der Waals surface area contributed by atoms with Gasteiger partial charge in [0.2, 0.25) is 0 Å². The van der Waals surface area contributed by atoms with Crippen LogP contribution in [0.3, 0.4) is 0 Å². The first kappa shape index (κ1) is 15.6. The second-order valence-corrected chi connectivity index (χ2v) is 5.09. The summed E-state index contributed by atoms with van der Waals surface area (Å²) in [6, 6.07) is 8.49. The van der Waals surface area contributed by atoms with Crippen LogP contribution in [0.15, 0.2) is 30.3 Å². The maximum Gasteiger partial charge on any atom is 0.384 e. The monoisotopic (exact) mass is 323 g/mol. The summed E-state index contributed by atoms with van der Waals surface area (Å²) in [6.07, 6.45) is 4.90. The Balaban J connectivity index is 2.00. The van der Waals surface area contributed by atoms with E-state index < -0.39 is 17.8 Å². The van der Waals surface area contributed by atoms with E-state index in [4.69, 9.17) is 15.9 Å². The van der Waals surface area contributed by atoms with Gasteiger partial charge < -0.3 is 9.47 Å². The number of rotatable bonds is 4. The van der Waals surface area contributed by atoms with Gasteiger partial charge in [-0.15, -0.1) is 6.42 Å². The molecule has 1 aliphatic rings. The van der Waals surface area contributed by atoms with Gasteiger partial charge in [0, 0.05) is 27.8 Å². The van der Waals surface area contributed by atoms with E-state index >= 15 is 0 Å². The molecule has 0 fully saturated rings. The number of esters is 1. The molecular weight excluding hydrogens is 310 g/mol. The topological polar surface area (TPSA) is 72.9 Å². The number of carbonyl (C=O) groups is 3. The van der Waals surface area contributed by atoms with Crippen LogP contribution in [0.25, 0.3) is 10.8 Å². The summed E-state index contributed by atoms with van der Waals surface area (Å²) in [7, 11) is 1.53. The smallest absolute Gasteiger partial charge is 0.384 e. The summed E-state index contributed by atoms with van der Waals surface area (Å²) in [5.41, 5.74) is 0.813. The molecule has 6 heteroatoms. The molecule has 1 heterocycles. The van der Waals surface area contributed by atoms with Crippen molar-refractivity contribution in [1.82, 2.24) is 4.90 Å². The number of hydrogen-bond donors (Lipinski definition) is 0. The van der Waals surface area contributed by atoms with Gasteiger partial charge in [0.1, 0.15) is 12.4 Å². The molecule has 0 radical (unpaired) electrons. The van der Waals surface area contributed by atoms with Crippen LogP contribution >= 0.6 is 0 Å². The number of imide groups is 1. The zero-order valence-corrected chi connectivity index (χ0v) is 12.9. The quantitative estimate of drug-likeness (QED) is 0.370. The lowest BCUT2D eigenvalue weighted by molar-refractivity contribution is -0.136. The number of benzene rings is 2. The first-order valence-electron chi connectivity index (χ1n) is 7.17. The summed E-state index contributed by atoms with van der Waals surface area (Å²) in [5.74, 6) is 0.679. The van der Waals surface area contributed by atoms with Crippen molar-refractivity contribution >= 4 is 28.6 Å². The van der Waals surface area contributed by atoms with Crippen molar-refractivity contribution in [2.45, 2.75) is 0 Å². The fourth-order valence-electron chi connectivity index (χ4n) is 2.77. The molecule has 0 atom stereocenters. The molecule has 0 saturated heterocycles. The Morgan fingerprint density at radius 1 is 1.17 bits per heavy atom. The van der Waals surface area contributed by atoms with E-state index in [1.54, 1.807) is 36.3 Å². The molecule has 0 bridgehead atoms. The van der Waals surface area contributed by atoms with E-state index in [0.717, 1.165) is 4.90 Å². The minimum Gasteiger partial charge on any atom is -0.496 e. The first-order chi connectivity index (χ1) is 11.6. The van der Waals surface area contributed by atoms with Crippen LogP contribution in [0.1, 0.15) is 20.7 Å². The maximum absolute atomic E-state index is 12.6. The molecule has 2 aromatic carbocycles. The van der Waals surface area contributed by atoms with Gasteiger partial charge in [-0.3, -0.25) is 14.5 Å². The molecule has 2 aromatic rings. The molecule has 2 amide bonds. The third kappa shape index (κ3) is 2.36. The van der Waals surface area contributed by atoms with E-state index in [1.807, 2.05) is 0 Å². The average Bonchev–Trinajstić information content (AvgIpc) is 2.61. The van der Waals surface area contributed by atoms with Crippen LogP contribution < -0.4 is 4.74 Å². The Kier molecular flexibility index (Phi) is 3.92. The Morgan fingerprint density at radius 2 is 1.88 bits per heavy atom. The van der Waals surface area contributed by atoms with Gasteiger partial charge in [-0.2, -0.15) is 0 Å². The van der Waals surface area contributed by atoms with Crippen LogP contribution in [0.5, 0.6) is 5.75 Å². The minimum absolute atomic E-state index is 0.0626.